The largest absolute Gasteiger partial charge is 0.352 e. The number of thiazole rings is 1. The molecule has 9 heteroatoms. The van der Waals surface area contributed by atoms with Crippen LogP contribution in [0.15, 0.2) is 23.3 Å². The van der Waals surface area contributed by atoms with Crippen molar-refractivity contribution < 1.29 is 14.3 Å². The zero-order chi connectivity index (χ0) is 18.3. The van der Waals surface area contributed by atoms with Crippen LogP contribution < -0.4 is 0 Å². The van der Waals surface area contributed by atoms with Crippen molar-refractivity contribution in [2.75, 3.05) is 27.2 Å². The average molecular weight is 375 g/mol. The first-order valence-electron chi connectivity index (χ1n) is 8.58. The Morgan fingerprint density at radius 2 is 2.08 bits per heavy atom. The first-order valence-corrected chi connectivity index (χ1v) is 9.52. The van der Waals surface area contributed by atoms with Crippen molar-refractivity contribution in [3.8, 4) is 0 Å². The second-order valence-electron chi connectivity index (χ2n) is 6.90. The first kappa shape index (κ1) is 17.2. The number of hydrogen-bond donors (Lipinski definition) is 0. The van der Waals surface area contributed by atoms with E-state index < -0.39 is 11.7 Å². The topological polar surface area (TPSA) is 80.6 Å². The first-order chi connectivity index (χ1) is 12.5. The minimum absolute atomic E-state index is 0.0512. The van der Waals surface area contributed by atoms with E-state index in [9.17, 15) is 9.59 Å². The number of carbonyl (C=O) groups excluding carboxylic acids is 2. The maximum Gasteiger partial charge on any atom is 0.273 e. The van der Waals surface area contributed by atoms with Crippen molar-refractivity contribution in [3.63, 3.8) is 0 Å². The smallest absolute Gasteiger partial charge is 0.273 e. The highest BCUT2D eigenvalue weighted by Crippen LogP contribution is 2.40. The molecular weight excluding hydrogens is 354 g/mol. The molecule has 2 amide bonds. The number of likely N-dealkylation sites (N-methyl/N-ethyl adjacent to an activating group) is 1. The second kappa shape index (κ2) is 6.48. The number of amides is 2. The average Bonchev–Trinajstić information content (AvgIpc) is 3.33. The number of piperidine rings is 1. The zero-order valence-electron chi connectivity index (χ0n) is 14.8. The lowest BCUT2D eigenvalue weighted by molar-refractivity contribution is -0.178. The molecule has 0 N–H and O–H groups in total. The lowest BCUT2D eigenvalue weighted by atomic mass is 9.88. The molecule has 4 heterocycles. The third-order valence-electron chi connectivity index (χ3n) is 5.08. The summed E-state index contributed by atoms with van der Waals surface area (Å²) >= 11 is 1.41. The summed E-state index contributed by atoms with van der Waals surface area (Å²) in [6.07, 6.45) is 4.32. The Morgan fingerprint density at radius 3 is 2.73 bits per heavy atom. The number of fused-ring (bicyclic) bond motifs is 2. The van der Waals surface area contributed by atoms with Crippen molar-refractivity contribution in [2.24, 2.45) is 0 Å². The molecule has 0 aliphatic carbocycles. The third kappa shape index (κ3) is 2.80. The molecule has 2 aromatic rings. The van der Waals surface area contributed by atoms with E-state index in [1.165, 1.54) is 11.3 Å². The number of imidazole rings is 1. The summed E-state index contributed by atoms with van der Waals surface area (Å²) in [7, 11) is 3.47. The Labute approximate surface area is 155 Å². The number of aromatic nitrogens is 3. The molecule has 4 rings (SSSR count). The number of likely N-dealkylation sites (tertiary alicyclic amines) is 1. The molecule has 26 heavy (non-hydrogen) atoms. The number of ether oxygens (including phenoxy) is 1. The van der Waals surface area contributed by atoms with Crippen LogP contribution in [-0.2, 0) is 21.7 Å². The second-order valence-corrected chi connectivity index (χ2v) is 7.62. The number of carbonyl (C=O) groups is 2. The van der Waals surface area contributed by atoms with Gasteiger partial charge < -0.3 is 19.1 Å². The van der Waals surface area contributed by atoms with E-state index in [4.69, 9.17) is 4.74 Å². The number of nitrogens with zero attached hydrogens (tertiary/aromatic N) is 5. The van der Waals surface area contributed by atoms with Crippen molar-refractivity contribution in [1.29, 1.82) is 0 Å². The highest BCUT2D eigenvalue weighted by Gasteiger charge is 2.48. The molecule has 0 radical (unpaired) electrons. The normalized spacial score (nSPS) is 21.5. The Kier molecular flexibility index (Phi) is 4.28. The minimum Gasteiger partial charge on any atom is -0.352 e. The molecule has 0 bridgehead atoms. The fraction of sp³-hybridized carbons (Fsp3) is 0.529. The van der Waals surface area contributed by atoms with Gasteiger partial charge in [-0.1, -0.05) is 0 Å². The van der Waals surface area contributed by atoms with Crippen LogP contribution >= 0.6 is 11.3 Å². The van der Waals surface area contributed by atoms with Gasteiger partial charge in [0.25, 0.3) is 11.8 Å². The molecular formula is C17H21N5O3S. The monoisotopic (exact) mass is 375 g/mol. The molecule has 0 saturated carbocycles. The van der Waals surface area contributed by atoms with Gasteiger partial charge in [-0.2, -0.15) is 0 Å². The van der Waals surface area contributed by atoms with Gasteiger partial charge >= 0.3 is 0 Å². The van der Waals surface area contributed by atoms with Gasteiger partial charge in [-0.25, -0.2) is 9.97 Å². The van der Waals surface area contributed by atoms with Crippen LogP contribution in [0.4, 0.5) is 0 Å². The fourth-order valence-electron chi connectivity index (χ4n) is 3.71. The Bertz CT molecular complexity index is 808. The molecule has 2 aliphatic heterocycles. The molecule has 1 atom stereocenters. The van der Waals surface area contributed by atoms with E-state index in [-0.39, 0.29) is 11.8 Å². The van der Waals surface area contributed by atoms with Crippen molar-refractivity contribution >= 4 is 23.2 Å². The summed E-state index contributed by atoms with van der Waals surface area (Å²) in [5.41, 5.74) is 1.52. The predicted octanol–water partition coefficient (Wildman–Crippen LogP) is 0.958. The van der Waals surface area contributed by atoms with Crippen molar-refractivity contribution in [3.05, 3.63) is 34.8 Å². The van der Waals surface area contributed by atoms with E-state index in [1.54, 1.807) is 41.0 Å². The Balaban J connectivity index is 1.55. The molecule has 138 valence electrons. The highest BCUT2D eigenvalue weighted by atomic mass is 32.1. The van der Waals surface area contributed by atoms with Gasteiger partial charge in [0.15, 0.2) is 6.10 Å². The summed E-state index contributed by atoms with van der Waals surface area (Å²) in [6.45, 7) is 1.56. The van der Waals surface area contributed by atoms with Crippen LogP contribution in [-0.4, -0.2) is 69.4 Å². The lowest BCUT2D eigenvalue weighted by Crippen LogP contribution is -2.54. The van der Waals surface area contributed by atoms with E-state index in [1.807, 2.05) is 10.8 Å². The minimum atomic E-state index is -0.628. The van der Waals surface area contributed by atoms with Crippen LogP contribution in [0.3, 0.4) is 0 Å². The molecule has 8 nitrogen and oxygen atoms in total. The molecule has 1 spiro atoms. The summed E-state index contributed by atoms with van der Waals surface area (Å²) in [4.78, 5) is 37.0. The lowest BCUT2D eigenvalue weighted by Gasteiger charge is -2.45. The predicted molar refractivity (Wildman–Crippen MR) is 94.7 cm³/mol. The van der Waals surface area contributed by atoms with Crippen LogP contribution in [0.5, 0.6) is 0 Å². The molecule has 1 saturated heterocycles. The fourth-order valence-corrected chi connectivity index (χ4v) is 4.23. The van der Waals surface area contributed by atoms with E-state index in [2.05, 4.69) is 9.97 Å². The van der Waals surface area contributed by atoms with Gasteiger partial charge in [0.1, 0.15) is 17.1 Å². The Morgan fingerprint density at radius 1 is 1.31 bits per heavy atom. The SMILES string of the molecule is CN(C)C(=O)C1Cn2ccnc2C2(CCN(C(=O)c3cscn3)CC2)O1. The van der Waals surface area contributed by atoms with Crippen molar-refractivity contribution in [2.45, 2.75) is 31.1 Å². The van der Waals surface area contributed by atoms with Gasteiger partial charge in [0, 0.05) is 57.8 Å². The van der Waals surface area contributed by atoms with E-state index in [0.717, 1.165) is 5.82 Å². The van der Waals surface area contributed by atoms with E-state index in [0.29, 0.717) is 38.2 Å². The number of hydrogen-bond acceptors (Lipinski definition) is 6. The van der Waals surface area contributed by atoms with Gasteiger partial charge in [-0.05, 0) is 0 Å². The third-order valence-corrected chi connectivity index (χ3v) is 5.67. The maximum absolute atomic E-state index is 12.5. The zero-order valence-corrected chi connectivity index (χ0v) is 15.6. The van der Waals surface area contributed by atoms with Crippen LogP contribution in [0.1, 0.15) is 29.2 Å². The summed E-state index contributed by atoms with van der Waals surface area (Å²) in [5.74, 6) is 0.743. The van der Waals surface area contributed by atoms with Crippen molar-refractivity contribution in [1.82, 2.24) is 24.3 Å². The molecule has 1 fully saturated rings. The summed E-state index contributed by atoms with van der Waals surface area (Å²) in [6, 6.07) is 0. The molecule has 1 unspecified atom stereocenters. The van der Waals surface area contributed by atoms with Gasteiger partial charge in [0.2, 0.25) is 0 Å². The Hall–Kier alpha value is -2.26. The highest BCUT2D eigenvalue weighted by molar-refractivity contribution is 7.07. The standard InChI is InChI=1S/C17H21N5O3S/c1-20(2)15(24)13-9-22-8-5-18-16(22)17(25-13)3-6-21(7-4-17)14(23)12-10-26-11-19-12/h5,8,10-11,13H,3-4,6-7,9H2,1-2H3. The molecule has 0 aromatic carbocycles. The summed E-state index contributed by atoms with van der Waals surface area (Å²) < 4.78 is 8.32. The van der Waals surface area contributed by atoms with Gasteiger partial charge in [0.05, 0.1) is 12.1 Å². The summed E-state index contributed by atoms with van der Waals surface area (Å²) in [5, 5.41) is 1.77. The molecule has 2 aliphatic rings. The quantitative estimate of drug-likeness (QED) is 0.781. The van der Waals surface area contributed by atoms with Crippen LogP contribution in [0.2, 0.25) is 0 Å². The van der Waals surface area contributed by atoms with Crippen LogP contribution in [0.25, 0.3) is 0 Å². The van der Waals surface area contributed by atoms with E-state index >= 15 is 0 Å². The number of rotatable bonds is 2. The van der Waals surface area contributed by atoms with Gasteiger partial charge in [-0.15, -0.1) is 11.3 Å². The maximum atomic E-state index is 12.5. The van der Waals surface area contributed by atoms with Crippen LogP contribution in [0, 0.1) is 0 Å². The van der Waals surface area contributed by atoms with Gasteiger partial charge in [-0.3, -0.25) is 9.59 Å². The molecule has 2 aromatic heterocycles.